The molecule has 0 radical (unpaired) electrons. The Hall–Kier alpha value is -0.670. The maximum atomic E-state index is 12.0. The number of halogens is 1. The van der Waals surface area contributed by atoms with Crippen LogP contribution in [0.25, 0.3) is 0 Å². The Morgan fingerprint density at radius 3 is 2.34 bits per heavy atom. The molecule has 1 amide bonds. The van der Waals surface area contributed by atoms with Crippen LogP contribution >= 0.6 is 35.1 Å². The van der Waals surface area contributed by atoms with Crippen LogP contribution in [0.4, 0.5) is 0 Å². The van der Waals surface area contributed by atoms with Gasteiger partial charge < -0.3 is 44.7 Å². The highest BCUT2D eigenvalue weighted by molar-refractivity contribution is 7.66. The van der Waals surface area contributed by atoms with Crippen molar-refractivity contribution in [3.8, 4) is 0 Å². The standard InChI is InChI=1S/C12H20ClN2O14P3/c1-7-14-8(16)3-4-15(7)10-11(2,18)9(17)12(5-13,27-10)6-26-31(22,23)29-32(24,25)28-30(19,20)21/h3-4,9-10,17-18H,1,5-6H2,2H3,(H,14,16)(H,22,23)(H,24,25)(H2,19,20,21)/t9-,10+,11+,12+/m0/s1. The van der Waals surface area contributed by atoms with Gasteiger partial charge in [-0.05, 0) is 6.92 Å². The molecule has 0 aliphatic carbocycles. The molecule has 0 saturated carbocycles. The van der Waals surface area contributed by atoms with Gasteiger partial charge in [0.15, 0.2) is 6.23 Å². The molecule has 0 aromatic carbocycles. The topological polar surface area (TPSA) is 242 Å². The zero-order chi connectivity index (χ0) is 24.8. The quantitative estimate of drug-likeness (QED) is 0.139. The number of ether oxygens (including phenoxy) is 1. The van der Waals surface area contributed by atoms with Crippen molar-refractivity contribution in [2.75, 3.05) is 12.5 Å². The van der Waals surface area contributed by atoms with E-state index < -0.39 is 65.4 Å². The van der Waals surface area contributed by atoms with Crippen molar-refractivity contribution >= 4 is 41.0 Å². The Labute approximate surface area is 185 Å². The lowest BCUT2D eigenvalue weighted by molar-refractivity contribution is -0.134. The minimum atomic E-state index is -5.77. The lowest BCUT2D eigenvalue weighted by Crippen LogP contribution is -2.55. The van der Waals surface area contributed by atoms with E-state index in [0.29, 0.717) is 0 Å². The van der Waals surface area contributed by atoms with E-state index >= 15 is 0 Å². The van der Waals surface area contributed by atoms with Crippen molar-refractivity contribution in [3.05, 3.63) is 24.7 Å². The normalized spacial score (nSPS) is 34.8. The number of amides is 1. The fraction of sp³-hybridized carbons (Fsp3) is 0.583. The number of nitrogens with zero attached hydrogens (tertiary/aromatic N) is 1. The molecule has 0 aromatic rings. The molecule has 6 atom stereocenters. The molecule has 2 unspecified atom stereocenters. The van der Waals surface area contributed by atoms with Crippen LogP contribution in [0, 0.1) is 0 Å². The first-order valence-corrected chi connectivity index (χ1v) is 13.3. The predicted octanol–water partition coefficient (Wildman–Crippen LogP) is -0.808. The van der Waals surface area contributed by atoms with Crippen LogP contribution in [0.15, 0.2) is 24.7 Å². The molecule has 20 heteroatoms. The third-order valence-corrected chi connectivity index (χ3v) is 8.47. The number of hydrogen-bond donors (Lipinski definition) is 7. The van der Waals surface area contributed by atoms with Crippen molar-refractivity contribution in [2.24, 2.45) is 0 Å². The van der Waals surface area contributed by atoms with E-state index in [-0.39, 0.29) is 5.82 Å². The van der Waals surface area contributed by atoms with E-state index in [1.165, 1.54) is 6.20 Å². The average molecular weight is 545 g/mol. The Kier molecular flexibility index (Phi) is 7.90. The predicted molar refractivity (Wildman–Crippen MR) is 103 cm³/mol. The smallest absolute Gasteiger partial charge is 0.387 e. The molecule has 0 bridgehead atoms. The Balaban J connectivity index is 2.22. The van der Waals surface area contributed by atoms with Crippen LogP contribution < -0.4 is 5.32 Å². The summed E-state index contributed by atoms with van der Waals surface area (Å²) in [7, 11) is -16.9. The molecular formula is C12H20ClN2O14P3. The van der Waals surface area contributed by atoms with Gasteiger partial charge >= 0.3 is 23.5 Å². The molecule has 184 valence electrons. The highest BCUT2D eigenvalue weighted by Crippen LogP contribution is 2.66. The van der Waals surface area contributed by atoms with E-state index in [9.17, 15) is 38.5 Å². The van der Waals surface area contributed by atoms with Crippen molar-refractivity contribution < 1.29 is 66.2 Å². The molecule has 7 N–H and O–H groups in total. The summed E-state index contributed by atoms with van der Waals surface area (Å²) in [6.07, 6.45) is -1.11. The van der Waals surface area contributed by atoms with Gasteiger partial charge in [-0.2, -0.15) is 8.62 Å². The molecule has 2 heterocycles. The Morgan fingerprint density at radius 2 is 1.84 bits per heavy atom. The lowest BCUT2D eigenvalue weighted by atomic mass is 9.88. The van der Waals surface area contributed by atoms with Crippen LogP contribution in [0.1, 0.15) is 6.92 Å². The van der Waals surface area contributed by atoms with Crippen molar-refractivity contribution in [1.82, 2.24) is 10.2 Å². The number of phosphoric acid groups is 3. The lowest BCUT2D eigenvalue weighted by Gasteiger charge is -2.37. The van der Waals surface area contributed by atoms with Crippen LogP contribution in [0.5, 0.6) is 0 Å². The molecule has 0 aromatic heterocycles. The molecule has 2 aliphatic rings. The van der Waals surface area contributed by atoms with E-state index in [1.807, 2.05) is 0 Å². The number of rotatable bonds is 9. The summed E-state index contributed by atoms with van der Waals surface area (Å²) in [6.45, 7) is 3.58. The number of carbonyl (C=O) groups is 1. The first-order valence-electron chi connectivity index (χ1n) is 8.23. The van der Waals surface area contributed by atoms with Crippen molar-refractivity contribution in [3.63, 3.8) is 0 Å². The number of aliphatic hydroxyl groups excluding tert-OH is 1. The molecule has 0 spiro atoms. The number of alkyl halides is 1. The summed E-state index contributed by atoms with van der Waals surface area (Å²) in [4.78, 5) is 48.4. The number of carbonyl (C=O) groups excluding carboxylic acids is 1. The van der Waals surface area contributed by atoms with Gasteiger partial charge in [-0.15, -0.1) is 11.6 Å². The highest BCUT2D eigenvalue weighted by atomic mass is 35.5. The summed E-state index contributed by atoms with van der Waals surface area (Å²) in [6, 6.07) is 0. The SMILES string of the molecule is C=C1NC(=O)C=CN1[C@@H]1O[C@](CCl)(COP(=O)(O)OP(=O)(O)OP(=O)(O)O)[C@@H](O)[C@@]1(C)O. The van der Waals surface area contributed by atoms with Gasteiger partial charge in [0.05, 0.1) is 12.5 Å². The number of hydrogen-bond acceptors (Lipinski definition) is 11. The fourth-order valence-corrected chi connectivity index (χ4v) is 6.23. The van der Waals surface area contributed by atoms with E-state index in [4.69, 9.17) is 26.1 Å². The summed E-state index contributed by atoms with van der Waals surface area (Å²) in [5, 5.41) is 23.8. The van der Waals surface area contributed by atoms with Gasteiger partial charge in [-0.3, -0.25) is 9.32 Å². The number of phosphoric ester groups is 1. The minimum absolute atomic E-state index is 0.0479. The third-order valence-electron chi connectivity index (χ3n) is 4.23. The van der Waals surface area contributed by atoms with Gasteiger partial charge in [-0.1, -0.05) is 6.58 Å². The van der Waals surface area contributed by atoms with E-state index in [2.05, 4.69) is 25.0 Å². The summed E-state index contributed by atoms with van der Waals surface area (Å²) < 4.78 is 51.4. The Morgan fingerprint density at radius 1 is 1.25 bits per heavy atom. The maximum absolute atomic E-state index is 12.0. The fourth-order valence-electron chi connectivity index (χ4n) is 2.87. The zero-order valence-electron chi connectivity index (χ0n) is 16.0. The number of aliphatic hydroxyl groups is 2. The second kappa shape index (κ2) is 9.17. The molecule has 2 rings (SSSR count). The van der Waals surface area contributed by atoms with Crippen molar-refractivity contribution in [2.45, 2.75) is 30.5 Å². The molecule has 16 nitrogen and oxygen atoms in total. The molecule has 1 fully saturated rings. The van der Waals surface area contributed by atoms with Crippen LogP contribution in [-0.2, 0) is 36.4 Å². The Bertz CT molecular complexity index is 951. The van der Waals surface area contributed by atoms with Crippen LogP contribution in [0.2, 0.25) is 0 Å². The second-order valence-corrected chi connectivity index (χ2v) is 11.5. The zero-order valence-corrected chi connectivity index (χ0v) is 19.5. The van der Waals surface area contributed by atoms with E-state index in [0.717, 1.165) is 17.9 Å². The van der Waals surface area contributed by atoms with Crippen molar-refractivity contribution in [1.29, 1.82) is 0 Å². The molecule has 32 heavy (non-hydrogen) atoms. The van der Waals surface area contributed by atoms with E-state index in [1.54, 1.807) is 0 Å². The third kappa shape index (κ3) is 6.26. The molecular weight excluding hydrogens is 525 g/mol. The van der Waals surface area contributed by atoms with Gasteiger partial charge in [0.25, 0.3) is 5.91 Å². The summed E-state index contributed by atoms with van der Waals surface area (Å²) in [5.74, 6) is -1.23. The molecule has 2 aliphatic heterocycles. The van der Waals surface area contributed by atoms with Gasteiger partial charge in [-0.25, -0.2) is 13.7 Å². The average Bonchev–Trinajstić information content (AvgIpc) is 2.78. The minimum Gasteiger partial charge on any atom is -0.387 e. The first kappa shape index (κ1) is 27.6. The largest absolute Gasteiger partial charge is 0.490 e. The highest BCUT2D eigenvalue weighted by Gasteiger charge is 2.63. The van der Waals surface area contributed by atoms with Crippen LogP contribution in [-0.4, -0.2) is 76.6 Å². The van der Waals surface area contributed by atoms with Crippen LogP contribution in [0.3, 0.4) is 0 Å². The summed E-state index contributed by atoms with van der Waals surface area (Å²) in [5.41, 5.74) is -4.25. The van der Waals surface area contributed by atoms with Gasteiger partial charge in [0.1, 0.15) is 23.1 Å². The van der Waals surface area contributed by atoms with Gasteiger partial charge in [0, 0.05) is 12.3 Å². The first-order chi connectivity index (χ1) is 14.3. The second-order valence-electron chi connectivity index (χ2n) is 6.82. The van der Waals surface area contributed by atoms with Gasteiger partial charge in [0.2, 0.25) is 0 Å². The summed E-state index contributed by atoms with van der Waals surface area (Å²) >= 11 is 5.85. The molecule has 1 saturated heterocycles. The monoisotopic (exact) mass is 544 g/mol. The number of nitrogens with one attached hydrogen (secondary N) is 1. The maximum Gasteiger partial charge on any atom is 0.490 e.